The van der Waals surface area contributed by atoms with Gasteiger partial charge in [-0.15, -0.1) is 0 Å². The van der Waals surface area contributed by atoms with Crippen LogP contribution in [0.15, 0.2) is 106 Å². The molecule has 8 heteroatoms. The molecule has 1 atom stereocenters. The van der Waals surface area contributed by atoms with Crippen molar-refractivity contribution in [3.63, 3.8) is 0 Å². The van der Waals surface area contributed by atoms with Crippen molar-refractivity contribution in [1.29, 1.82) is 0 Å². The number of hydrogen-bond donors (Lipinski definition) is 0. The first-order valence-electron chi connectivity index (χ1n) is 14.4. The summed E-state index contributed by atoms with van der Waals surface area (Å²) in [6.45, 7) is 0.317. The molecular formula is C36H29ClN2O4S. The van der Waals surface area contributed by atoms with Crippen LogP contribution in [0, 0.1) is 0 Å². The lowest BCUT2D eigenvalue weighted by molar-refractivity contribution is 0.305. The molecule has 1 aliphatic heterocycles. The van der Waals surface area contributed by atoms with Crippen molar-refractivity contribution in [2.45, 2.75) is 25.5 Å². The maximum absolute atomic E-state index is 14.3. The van der Waals surface area contributed by atoms with E-state index in [2.05, 4.69) is 18.2 Å². The van der Waals surface area contributed by atoms with Crippen LogP contribution in [-0.4, -0.2) is 18.8 Å². The van der Waals surface area contributed by atoms with Crippen LogP contribution in [0.3, 0.4) is 0 Å². The Morgan fingerprint density at radius 1 is 0.909 bits per heavy atom. The van der Waals surface area contributed by atoms with Crippen LogP contribution in [-0.2, 0) is 13.0 Å². The normalized spacial score (nSPS) is 15.6. The van der Waals surface area contributed by atoms with Crippen LogP contribution in [0.25, 0.3) is 11.8 Å². The molecule has 220 valence electrons. The summed E-state index contributed by atoms with van der Waals surface area (Å²) >= 11 is 7.75. The van der Waals surface area contributed by atoms with Crippen LogP contribution in [0.5, 0.6) is 17.2 Å². The number of thiazole rings is 1. The zero-order valence-corrected chi connectivity index (χ0v) is 25.8. The molecule has 1 aliphatic carbocycles. The van der Waals surface area contributed by atoms with Crippen molar-refractivity contribution in [2.75, 3.05) is 14.2 Å². The minimum Gasteiger partial charge on any atom is -0.493 e. The lowest BCUT2D eigenvalue weighted by atomic mass is 9.83. The van der Waals surface area contributed by atoms with Crippen LogP contribution in [0.1, 0.15) is 40.3 Å². The van der Waals surface area contributed by atoms with Crippen molar-refractivity contribution >= 4 is 34.7 Å². The van der Waals surface area contributed by atoms with Gasteiger partial charge in [0.25, 0.3) is 5.56 Å². The summed E-state index contributed by atoms with van der Waals surface area (Å²) < 4.78 is 19.8. The molecule has 0 spiro atoms. The zero-order chi connectivity index (χ0) is 30.2. The zero-order valence-electron chi connectivity index (χ0n) is 24.2. The second kappa shape index (κ2) is 11.8. The van der Waals surface area contributed by atoms with E-state index in [0.717, 1.165) is 46.4 Å². The van der Waals surface area contributed by atoms with Gasteiger partial charge in [0.1, 0.15) is 12.4 Å². The van der Waals surface area contributed by atoms with Gasteiger partial charge in [-0.05, 0) is 59.9 Å². The fourth-order valence-corrected chi connectivity index (χ4v) is 7.17. The average Bonchev–Trinajstić information content (AvgIpc) is 3.37. The number of ether oxygens (including phenoxy) is 3. The van der Waals surface area contributed by atoms with Crippen LogP contribution < -0.4 is 29.1 Å². The molecule has 2 aliphatic rings. The van der Waals surface area contributed by atoms with Gasteiger partial charge in [0.2, 0.25) is 0 Å². The number of nitrogens with zero attached hydrogens (tertiary/aromatic N) is 2. The standard InChI is InChI=1S/C36H29ClN2O4S/c1-41-30-18-16-24(19-31(30)42-2)34-27-17-15-22-9-3-6-12-26(22)33(27)38-36-39(34)35(40)32(44-36)20-23-10-5-8-14-29(23)43-21-25-11-4-7-13-28(25)37/h3-14,16,18-20,34H,15,17,21H2,1-2H3/b32-20-/t34-/m1/s1. The SMILES string of the molecule is COc1ccc([C@@H]2C3=C(N=c4s/c(=C\c5ccccc5OCc5ccccc5Cl)c(=O)n42)c2ccccc2CC3)cc1OC. The molecule has 7 rings (SSSR count). The Kier molecular flexibility index (Phi) is 7.58. The third-order valence-corrected chi connectivity index (χ3v) is 9.49. The number of aryl methyl sites for hydroxylation is 1. The number of halogens is 1. The Bertz CT molecular complexity index is 2110. The second-order valence-corrected chi connectivity index (χ2v) is 12.1. The summed E-state index contributed by atoms with van der Waals surface area (Å²) in [5.41, 5.74) is 7.01. The number of methoxy groups -OCH3 is 2. The molecule has 2 heterocycles. The number of rotatable bonds is 7. The van der Waals surface area contributed by atoms with E-state index in [9.17, 15) is 4.79 Å². The third kappa shape index (κ3) is 5.02. The van der Waals surface area contributed by atoms with Gasteiger partial charge in [-0.25, -0.2) is 4.99 Å². The lowest BCUT2D eigenvalue weighted by Gasteiger charge is -2.31. The monoisotopic (exact) mass is 620 g/mol. The Labute approximate surface area is 263 Å². The van der Waals surface area contributed by atoms with E-state index in [1.165, 1.54) is 16.9 Å². The van der Waals surface area contributed by atoms with Gasteiger partial charge >= 0.3 is 0 Å². The van der Waals surface area contributed by atoms with Gasteiger partial charge in [0, 0.05) is 21.7 Å². The Balaban J connectivity index is 1.38. The highest BCUT2D eigenvalue weighted by Gasteiger charge is 2.33. The van der Waals surface area contributed by atoms with E-state index in [1.807, 2.05) is 83.4 Å². The second-order valence-electron chi connectivity index (χ2n) is 10.6. The van der Waals surface area contributed by atoms with Gasteiger partial charge in [-0.3, -0.25) is 9.36 Å². The molecule has 0 saturated heterocycles. The molecular weight excluding hydrogens is 592 g/mol. The number of allylic oxidation sites excluding steroid dienone is 1. The van der Waals surface area contributed by atoms with Gasteiger partial charge in [-0.2, -0.15) is 0 Å². The third-order valence-electron chi connectivity index (χ3n) is 8.14. The van der Waals surface area contributed by atoms with E-state index >= 15 is 0 Å². The quantitative estimate of drug-likeness (QED) is 0.207. The van der Waals surface area contributed by atoms with Crippen molar-refractivity contribution in [3.05, 3.63) is 149 Å². The van der Waals surface area contributed by atoms with Crippen LogP contribution in [0.2, 0.25) is 5.02 Å². The molecule has 5 aromatic rings. The summed E-state index contributed by atoms with van der Waals surface area (Å²) in [7, 11) is 3.25. The number of benzene rings is 4. The van der Waals surface area contributed by atoms with E-state index < -0.39 is 0 Å². The van der Waals surface area contributed by atoms with E-state index in [0.29, 0.717) is 38.2 Å². The Morgan fingerprint density at radius 3 is 2.52 bits per heavy atom. The van der Waals surface area contributed by atoms with Gasteiger partial charge in [0.15, 0.2) is 16.3 Å². The highest BCUT2D eigenvalue weighted by molar-refractivity contribution is 7.07. The molecule has 1 aromatic heterocycles. The summed E-state index contributed by atoms with van der Waals surface area (Å²) in [5.74, 6) is 1.93. The number of fused-ring (bicyclic) bond motifs is 3. The van der Waals surface area contributed by atoms with E-state index in [-0.39, 0.29) is 11.6 Å². The topological polar surface area (TPSA) is 62.0 Å². The van der Waals surface area contributed by atoms with Crippen molar-refractivity contribution in [3.8, 4) is 17.2 Å². The van der Waals surface area contributed by atoms with Gasteiger partial charge in [0.05, 0.1) is 30.5 Å². The molecule has 0 N–H and O–H groups in total. The number of para-hydroxylation sites is 1. The molecule has 0 unspecified atom stereocenters. The van der Waals surface area contributed by atoms with Crippen molar-refractivity contribution in [1.82, 2.24) is 4.57 Å². The van der Waals surface area contributed by atoms with E-state index in [1.54, 1.807) is 14.2 Å². The smallest absolute Gasteiger partial charge is 0.271 e. The predicted octanol–water partition coefficient (Wildman–Crippen LogP) is 6.57. The first-order chi connectivity index (χ1) is 21.6. The van der Waals surface area contributed by atoms with Crippen molar-refractivity contribution < 1.29 is 14.2 Å². The van der Waals surface area contributed by atoms with E-state index in [4.69, 9.17) is 30.8 Å². The maximum Gasteiger partial charge on any atom is 0.271 e. The molecule has 6 nitrogen and oxygen atoms in total. The minimum atomic E-state index is -0.330. The van der Waals surface area contributed by atoms with Gasteiger partial charge < -0.3 is 14.2 Å². The summed E-state index contributed by atoms with van der Waals surface area (Å²) in [4.78, 5) is 20.1. The molecule has 4 aromatic carbocycles. The fraction of sp³-hybridized carbons (Fsp3) is 0.167. The first-order valence-corrected chi connectivity index (χ1v) is 15.6. The number of hydrogen-bond acceptors (Lipinski definition) is 6. The van der Waals surface area contributed by atoms with Crippen LogP contribution >= 0.6 is 22.9 Å². The predicted molar refractivity (Wildman–Crippen MR) is 175 cm³/mol. The molecule has 0 saturated carbocycles. The van der Waals surface area contributed by atoms with Crippen molar-refractivity contribution in [2.24, 2.45) is 4.99 Å². The fourth-order valence-electron chi connectivity index (χ4n) is 5.99. The molecule has 0 fully saturated rings. The lowest BCUT2D eigenvalue weighted by Crippen LogP contribution is -2.38. The maximum atomic E-state index is 14.3. The highest BCUT2D eigenvalue weighted by atomic mass is 35.5. The summed E-state index contributed by atoms with van der Waals surface area (Å²) in [6.07, 6.45) is 3.58. The molecule has 0 amide bonds. The number of aromatic nitrogens is 1. The molecule has 0 bridgehead atoms. The Morgan fingerprint density at radius 2 is 1.68 bits per heavy atom. The molecule has 44 heavy (non-hydrogen) atoms. The largest absolute Gasteiger partial charge is 0.493 e. The van der Waals surface area contributed by atoms with Gasteiger partial charge in [-0.1, -0.05) is 89.7 Å². The summed E-state index contributed by atoms with van der Waals surface area (Å²) in [6, 6.07) is 29.3. The first kappa shape index (κ1) is 28.2. The Hall–Kier alpha value is -4.59. The average molecular weight is 621 g/mol. The molecule has 0 radical (unpaired) electrons. The highest BCUT2D eigenvalue weighted by Crippen LogP contribution is 2.42. The van der Waals surface area contributed by atoms with Crippen LogP contribution in [0.4, 0.5) is 0 Å². The summed E-state index contributed by atoms with van der Waals surface area (Å²) in [5, 5.41) is 0.652. The minimum absolute atomic E-state index is 0.0974.